The quantitative estimate of drug-likeness (QED) is 0.679. The Balaban J connectivity index is 1.79. The van der Waals surface area contributed by atoms with E-state index in [2.05, 4.69) is 17.2 Å². The Morgan fingerprint density at radius 3 is 3.00 bits per heavy atom. The fourth-order valence-electron chi connectivity index (χ4n) is 1.10. The van der Waals surface area contributed by atoms with E-state index in [0.29, 0.717) is 6.04 Å². The Bertz CT molecular complexity index is 175. The summed E-state index contributed by atoms with van der Waals surface area (Å²) in [5.41, 5.74) is 0. The molecule has 1 heterocycles. The number of amidine groups is 1. The maximum absolute atomic E-state index is 4.50. The summed E-state index contributed by atoms with van der Waals surface area (Å²) in [7, 11) is 0. The van der Waals surface area contributed by atoms with E-state index in [1.165, 1.54) is 23.8 Å². The van der Waals surface area contributed by atoms with Crippen LogP contribution in [-0.2, 0) is 0 Å². The molecule has 0 aromatic rings. The van der Waals surface area contributed by atoms with Crippen LogP contribution in [0.1, 0.15) is 19.8 Å². The summed E-state index contributed by atoms with van der Waals surface area (Å²) in [5.74, 6) is 2.10. The number of rotatable bonds is 2. The molecule has 1 aliphatic carbocycles. The number of thioether (sulfide) groups is 1. The van der Waals surface area contributed by atoms with Gasteiger partial charge in [-0.15, -0.1) is 0 Å². The van der Waals surface area contributed by atoms with Crippen LogP contribution in [0.25, 0.3) is 0 Å². The smallest absolute Gasteiger partial charge is 0.156 e. The van der Waals surface area contributed by atoms with Gasteiger partial charge in [0.15, 0.2) is 5.17 Å². The minimum absolute atomic E-state index is 0.623. The van der Waals surface area contributed by atoms with Crippen molar-refractivity contribution in [3.63, 3.8) is 0 Å². The normalized spacial score (nSPS) is 34.3. The summed E-state index contributed by atoms with van der Waals surface area (Å²) in [6.45, 7) is 3.26. The molecule has 0 amide bonds. The largest absolute Gasteiger partial charge is 0.362 e. The summed E-state index contributed by atoms with van der Waals surface area (Å²) in [4.78, 5) is 4.50. The van der Waals surface area contributed by atoms with Gasteiger partial charge in [0.1, 0.15) is 0 Å². The number of hydrogen-bond donors (Lipinski definition) is 1. The minimum Gasteiger partial charge on any atom is -0.362 e. The van der Waals surface area contributed by atoms with Gasteiger partial charge in [-0.25, -0.2) is 0 Å². The van der Waals surface area contributed by atoms with Crippen molar-refractivity contribution in [2.75, 3.05) is 12.3 Å². The topological polar surface area (TPSA) is 24.4 Å². The third-order valence-electron chi connectivity index (χ3n) is 2.03. The highest BCUT2D eigenvalue weighted by Crippen LogP contribution is 2.29. The van der Waals surface area contributed by atoms with Crippen LogP contribution in [-0.4, -0.2) is 23.5 Å². The zero-order chi connectivity index (χ0) is 7.68. The van der Waals surface area contributed by atoms with Gasteiger partial charge in [-0.05, 0) is 25.7 Å². The van der Waals surface area contributed by atoms with Gasteiger partial charge in [0.2, 0.25) is 0 Å². The van der Waals surface area contributed by atoms with Crippen molar-refractivity contribution < 1.29 is 0 Å². The van der Waals surface area contributed by atoms with Crippen LogP contribution in [0.2, 0.25) is 0 Å². The lowest BCUT2D eigenvalue weighted by Gasteiger charge is -1.99. The predicted octanol–water partition coefficient (Wildman–Crippen LogP) is 1.48. The molecule has 2 nitrogen and oxygen atoms in total. The molecule has 62 valence electrons. The van der Waals surface area contributed by atoms with E-state index in [1.807, 2.05) is 11.8 Å². The summed E-state index contributed by atoms with van der Waals surface area (Å²) >= 11 is 1.86. The van der Waals surface area contributed by atoms with Crippen LogP contribution in [0.5, 0.6) is 0 Å². The Morgan fingerprint density at radius 1 is 1.64 bits per heavy atom. The molecule has 0 bridgehead atoms. The van der Waals surface area contributed by atoms with Gasteiger partial charge in [0.25, 0.3) is 0 Å². The first-order valence-corrected chi connectivity index (χ1v) is 5.27. The maximum Gasteiger partial charge on any atom is 0.156 e. The molecule has 2 rings (SSSR count). The van der Waals surface area contributed by atoms with Gasteiger partial charge in [-0.2, -0.15) is 0 Å². The average Bonchev–Trinajstić information content (AvgIpc) is 2.72. The number of hydrogen-bond acceptors (Lipinski definition) is 2. The molecule has 1 saturated heterocycles. The Labute approximate surface area is 71.9 Å². The number of aliphatic imine (C=N–C) groups is 1. The van der Waals surface area contributed by atoms with Gasteiger partial charge in [-0.3, -0.25) is 4.99 Å². The van der Waals surface area contributed by atoms with Gasteiger partial charge < -0.3 is 5.32 Å². The molecule has 3 heteroatoms. The first-order valence-electron chi connectivity index (χ1n) is 4.28. The molecule has 1 N–H and O–H groups in total. The van der Waals surface area contributed by atoms with E-state index >= 15 is 0 Å². The zero-order valence-corrected chi connectivity index (χ0v) is 7.66. The second-order valence-corrected chi connectivity index (χ2v) is 4.45. The van der Waals surface area contributed by atoms with Crippen LogP contribution in [0.3, 0.4) is 0 Å². The number of nitrogens with zero attached hydrogens (tertiary/aromatic N) is 1. The van der Waals surface area contributed by atoms with Crippen LogP contribution < -0.4 is 5.32 Å². The van der Waals surface area contributed by atoms with Crippen molar-refractivity contribution in [3.05, 3.63) is 0 Å². The highest BCUT2D eigenvalue weighted by Gasteiger charge is 2.22. The molecule has 1 saturated carbocycles. The summed E-state index contributed by atoms with van der Waals surface area (Å²) in [6.07, 6.45) is 2.80. The van der Waals surface area contributed by atoms with Crippen LogP contribution in [0, 0.1) is 5.92 Å². The van der Waals surface area contributed by atoms with Crippen molar-refractivity contribution in [2.45, 2.75) is 25.8 Å². The van der Waals surface area contributed by atoms with E-state index in [-0.39, 0.29) is 0 Å². The SMILES string of the molecule is CC1CSC(=NCC2CC2)N1. The standard InChI is InChI=1S/C8H14N2S/c1-6-5-11-8(10-6)9-4-7-2-3-7/h6-7H,2-5H2,1H3,(H,9,10). The fraction of sp³-hybridized carbons (Fsp3) is 0.875. The van der Waals surface area contributed by atoms with Crippen LogP contribution in [0.15, 0.2) is 4.99 Å². The summed E-state index contributed by atoms with van der Waals surface area (Å²) < 4.78 is 0. The van der Waals surface area contributed by atoms with Crippen molar-refractivity contribution >= 4 is 16.9 Å². The molecule has 1 unspecified atom stereocenters. The number of nitrogens with one attached hydrogen (secondary N) is 1. The molecule has 0 aromatic carbocycles. The monoisotopic (exact) mass is 170 g/mol. The van der Waals surface area contributed by atoms with Gasteiger partial charge in [0.05, 0.1) is 0 Å². The van der Waals surface area contributed by atoms with Gasteiger partial charge >= 0.3 is 0 Å². The van der Waals surface area contributed by atoms with Crippen LogP contribution >= 0.6 is 11.8 Å². The second-order valence-electron chi connectivity index (χ2n) is 3.45. The van der Waals surface area contributed by atoms with E-state index in [0.717, 1.165) is 12.5 Å². The van der Waals surface area contributed by atoms with Crippen LogP contribution in [0.4, 0.5) is 0 Å². The predicted molar refractivity (Wildman–Crippen MR) is 50.1 cm³/mol. The molecule has 2 fully saturated rings. The molecule has 0 spiro atoms. The van der Waals surface area contributed by atoms with Crippen molar-refractivity contribution in [1.29, 1.82) is 0 Å². The Hall–Kier alpha value is -0.180. The Morgan fingerprint density at radius 2 is 2.45 bits per heavy atom. The molecule has 11 heavy (non-hydrogen) atoms. The van der Waals surface area contributed by atoms with E-state index in [9.17, 15) is 0 Å². The van der Waals surface area contributed by atoms with Crippen molar-refractivity contribution in [2.24, 2.45) is 10.9 Å². The average molecular weight is 170 g/mol. The van der Waals surface area contributed by atoms with E-state index in [4.69, 9.17) is 0 Å². The first-order chi connectivity index (χ1) is 5.34. The third-order valence-corrected chi connectivity index (χ3v) is 3.22. The van der Waals surface area contributed by atoms with Crippen molar-refractivity contribution in [1.82, 2.24) is 5.32 Å². The lowest BCUT2D eigenvalue weighted by molar-refractivity contribution is 0.758. The maximum atomic E-state index is 4.50. The molecular formula is C8H14N2S. The van der Waals surface area contributed by atoms with Gasteiger partial charge in [0, 0.05) is 18.3 Å². The first kappa shape index (κ1) is 7.47. The lowest BCUT2D eigenvalue weighted by Crippen LogP contribution is -2.23. The molecule has 0 aromatic heterocycles. The van der Waals surface area contributed by atoms with Crippen molar-refractivity contribution in [3.8, 4) is 0 Å². The third kappa shape index (κ3) is 2.12. The summed E-state index contributed by atoms with van der Waals surface area (Å²) in [6, 6.07) is 0.623. The molecule has 1 aliphatic heterocycles. The highest BCUT2D eigenvalue weighted by atomic mass is 32.2. The summed E-state index contributed by atoms with van der Waals surface area (Å²) in [5, 5.41) is 4.52. The zero-order valence-electron chi connectivity index (χ0n) is 6.84. The highest BCUT2D eigenvalue weighted by molar-refractivity contribution is 8.14. The Kier molecular flexibility index (Phi) is 2.07. The molecule has 0 radical (unpaired) electrons. The molecular weight excluding hydrogens is 156 g/mol. The molecule has 1 atom stereocenters. The molecule has 2 aliphatic rings. The second kappa shape index (κ2) is 3.05. The van der Waals surface area contributed by atoms with E-state index in [1.54, 1.807) is 0 Å². The fourth-order valence-corrected chi connectivity index (χ4v) is 2.04. The van der Waals surface area contributed by atoms with Gasteiger partial charge in [-0.1, -0.05) is 11.8 Å². The lowest BCUT2D eigenvalue weighted by atomic mass is 10.4. The minimum atomic E-state index is 0.623. The van der Waals surface area contributed by atoms with E-state index < -0.39 is 0 Å².